The van der Waals surface area contributed by atoms with Crippen LogP contribution in [0.1, 0.15) is 5.56 Å². The van der Waals surface area contributed by atoms with Crippen LogP contribution < -0.4 is 5.63 Å². The summed E-state index contributed by atoms with van der Waals surface area (Å²) in [6.45, 7) is 0. The molecule has 120 valence electrons. The van der Waals surface area contributed by atoms with Gasteiger partial charge in [-0.05, 0) is 52.2 Å². The van der Waals surface area contributed by atoms with Gasteiger partial charge in [-0.15, -0.1) is 0 Å². The molecule has 0 atom stereocenters. The van der Waals surface area contributed by atoms with E-state index in [4.69, 9.17) is 4.42 Å². The minimum Gasteiger partial charge on any atom is -0.421 e. The summed E-state index contributed by atoms with van der Waals surface area (Å²) in [5.41, 5.74) is -0.340. The monoisotopic (exact) mass is 466 g/mol. The smallest absolute Gasteiger partial charge is 0.352 e. The number of fused-ring (bicyclic) bond motifs is 1. The van der Waals surface area contributed by atoms with E-state index < -0.39 is 15.5 Å². The molecule has 0 aliphatic carbocycles. The lowest BCUT2D eigenvalue weighted by atomic mass is 10.2. The molecule has 0 aliphatic rings. The van der Waals surface area contributed by atoms with Gasteiger partial charge in [0.05, 0.1) is 9.37 Å². The summed E-state index contributed by atoms with van der Waals surface area (Å²) in [5.74, 6) is 2.41. The van der Waals surface area contributed by atoms with E-state index in [-0.39, 0.29) is 10.5 Å². The van der Waals surface area contributed by atoms with Gasteiger partial charge >= 0.3 is 5.63 Å². The van der Waals surface area contributed by atoms with Gasteiger partial charge in [0.15, 0.2) is 5.58 Å². The first-order valence-corrected chi connectivity index (χ1v) is 9.69. The fraction of sp³-hybridized carbons (Fsp3) is 0. The number of hydrogen-bond acceptors (Lipinski definition) is 4. The van der Waals surface area contributed by atoms with Crippen molar-refractivity contribution in [2.45, 2.75) is 4.90 Å². The van der Waals surface area contributed by atoms with Crippen molar-refractivity contribution in [2.75, 3.05) is 0 Å². The summed E-state index contributed by atoms with van der Waals surface area (Å²) in [4.78, 5) is 12.1. The maximum Gasteiger partial charge on any atom is 0.352 e. The molecule has 0 saturated carbocycles. The van der Waals surface area contributed by atoms with E-state index >= 15 is 0 Å². The maximum absolute atomic E-state index is 12.2. The molecule has 0 N–H and O–H groups in total. The van der Waals surface area contributed by atoms with Crippen molar-refractivity contribution in [3.63, 3.8) is 0 Å². The minimum absolute atomic E-state index is 0.0213. The van der Waals surface area contributed by atoms with E-state index in [0.717, 1.165) is 4.47 Å². The van der Waals surface area contributed by atoms with Crippen LogP contribution in [0, 0.1) is 11.2 Å². The molecule has 24 heavy (non-hydrogen) atoms. The Hall–Kier alpha value is -1.88. The standard InChI is InChI=1S/C17H8Br2O4S/c18-13-9-12-8-11(17(20)23-16(12)15(19)10-13)6-7-24(21,22)14-4-2-1-3-5-14/h1-5,8-10H. The zero-order valence-corrected chi connectivity index (χ0v) is 15.9. The fourth-order valence-corrected chi connectivity index (χ4v) is 4.24. The minimum atomic E-state index is -3.81. The molecule has 7 heteroatoms. The molecule has 0 radical (unpaired) electrons. The van der Waals surface area contributed by atoms with Crippen molar-refractivity contribution in [3.05, 3.63) is 73.5 Å². The second kappa shape index (κ2) is 6.55. The average Bonchev–Trinajstić information content (AvgIpc) is 2.54. The van der Waals surface area contributed by atoms with E-state index in [1.807, 2.05) is 0 Å². The largest absolute Gasteiger partial charge is 0.421 e. The highest BCUT2D eigenvalue weighted by Gasteiger charge is 2.11. The molecule has 4 nitrogen and oxygen atoms in total. The zero-order chi connectivity index (χ0) is 17.3. The van der Waals surface area contributed by atoms with Crippen LogP contribution >= 0.6 is 31.9 Å². The van der Waals surface area contributed by atoms with Crippen LogP contribution in [0.25, 0.3) is 11.0 Å². The van der Waals surface area contributed by atoms with Crippen molar-refractivity contribution in [3.8, 4) is 11.2 Å². The first-order valence-electron chi connectivity index (χ1n) is 6.62. The number of sulfone groups is 1. The third kappa shape index (κ3) is 3.46. The van der Waals surface area contributed by atoms with Crippen LogP contribution in [0.5, 0.6) is 0 Å². The lowest BCUT2D eigenvalue weighted by Crippen LogP contribution is -2.04. The van der Waals surface area contributed by atoms with Gasteiger partial charge in [0.1, 0.15) is 5.56 Å². The van der Waals surface area contributed by atoms with Crippen molar-refractivity contribution in [2.24, 2.45) is 0 Å². The Bertz CT molecular complexity index is 1150. The van der Waals surface area contributed by atoms with Crippen LogP contribution in [0.3, 0.4) is 0 Å². The van der Waals surface area contributed by atoms with E-state index in [1.54, 1.807) is 30.3 Å². The van der Waals surface area contributed by atoms with Crippen LogP contribution in [0.2, 0.25) is 0 Å². The molecule has 0 fully saturated rings. The van der Waals surface area contributed by atoms with Gasteiger partial charge in [0.2, 0.25) is 9.84 Å². The molecule has 0 bridgehead atoms. The summed E-state index contributed by atoms with van der Waals surface area (Å²) in [5, 5.41) is 2.79. The molecular formula is C17H8Br2O4S. The lowest BCUT2D eigenvalue weighted by Gasteiger charge is -2.01. The third-order valence-corrected chi connectivity index (χ3v) is 5.44. The van der Waals surface area contributed by atoms with Crippen LogP contribution in [-0.2, 0) is 9.84 Å². The molecule has 0 spiro atoms. The van der Waals surface area contributed by atoms with Crippen LogP contribution in [-0.4, -0.2) is 8.42 Å². The normalized spacial score (nSPS) is 11.1. The lowest BCUT2D eigenvalue weighted by molar-refractivity contribution is 0.557. The van der Waals surface area contributed by atoms with Gasteiger partial charge < -0.3 is 4.42 Å². The Balaban J connectivity index is 2.12. The highest BCUT2D eigenvalue weighted by atomic mass is 79.9. The van der Waals surface area contributed by atoms with Gasteiger partial charge in [-0.3, -0.25) is 0 Å². The van der Waals surface area contributed by atoms with Crippen LogP contribution in [0.15, 0.2) is 71.6 Å². The second-order valence-corrected chi connectivity index (χ2v) is 8.25. The zero-order valence-electron chi connectivity index (χ0n) is 11.9. The first-order chi connectivity index (χ1) is 11.4. The first kappa shape index (κ1) is 17.0. The summed E-state index contributed by atoms with van der Waals surface area (Å²) >= 11 is 6.66. The Morgan fingerprint density at radius 2 is 1.71 bits per heavy atom. The number of benzene rings is 2. The van der Waals surface area contributed by atoms with Crippen molar-refractivity contribution >= 4 is 52.7 Å². The predicted molar refractivity (Wildman–Crippen MR) is 98.4 cm³/mol. The van der Waals surface area contributed by atoms with Crippen LogP contribution in [0.4, 0.5) is 0 Å². The summed E-state index contributed by atoms with van der Waals surface area (Å²) in [6.07, 6.45) is 0. The number of hydrogen-bond donors (Lipinski definition) is 0. The van der Waals surface area contributed by atoms with Gasteiger partial charge in [-0.25, -0.2) is 13.2 Å². The third-order valence-electron chi connectivity index (χ3n) is 3.13. The van der Waals surface area contributed by atoms with E-state index in [1.165, 1.54) is 18.2 Å². The van der Waals surface area contributed by atoms with E-state index in [2.05, 4.69) is 43.0 Å². The Morgan fingerprint density at radius 1 is 1.00 bits per heavy atom. The van der Waals surface area contributed by atoms with E-state index in [0.29, 0.717) is 15.4 Å². The van der Waals surface area contributed by atoms with Crippen molar-refractivity contribution in [1.82, 2.24) is 0 Å². The van der Waals surface area contributed by atoms with Crippen molar-refractivity contribution < 1.29 is 12.8 Å². The molecule has 3 aromatic rings. The molecule has 0 aliphatic heterocycles. The average molecular weight is 468 g/mol. The van der Waals surface area contributed by atoms with E-state index in [9.17, 15) is 13.2 Å². The molecule has 3 rings (SSSR count). The highest BCUT2D eigenvalue weighted by molar-refractivity contribution is 9.11. The molecule has 1 heterocycles. The molecular weight excluding hydrogens is 460 g/mol. The molecule has 0 unspecified atom stereocenters. The van der Waals surface area contributed by atoms with Gasteiger partial charge in [0.25, 0.3) is 0 Å². The summed E-state index contributed by atoms with van der Waals surface area (Å²) in [7, 11) is -3.81. The van der Waals surface area contributed by atoms with Crippen molar-refractivity contribution in [1.29, 1.82) is 0 Å². The number of rotatable bonds is 1. The molecule has 0 amide bonds. The quantitative estimate of drug-likeness (QED) is 0.399. The van der Waals surface area contributed by atoms with Gasteiger partial charge in [-0.2, -0.15) is 0 Å². The highest BCUT2D eigenvalue weighted by Crippen LogP contribution is 2.27. The molecule has 1 aromatic heterocycles. The van der Waals surface area contributed by atoms with Gasteiger partial charge in [0, 0.05) is 15.1 Å². The fourth-order valence-electron chi connectivity index (χ4n) is 2.03. The Labute approximate surface area is 154 Å². The topological polar surface area (TPSA) is 64.3 Å². The second-order valence-electron chi connectivity index (χ2n) is 4.80. The predicted octanol–water partition coefficient (Wildman–Crippen LogP) is 4.10. The SMILES string of the molecule is O=c1oc2c(Br)cc(Br)cc2cc1C#CS(=O)(=O)c1ccccc1. The Kier molecular flexibility index (Phi) is 4.63. The molecule has 0 saturated heterocycles. The Morgan fingerprint density at radius 3 is 2.42 bits per heavy atom. The molecule has 2 aromatic carbocycles. The summed E-state index contributed by atoms with van der Waals surface area (Å²) in [6, 6.07) is 12.8. The van der Waals surface area contributed by atoms with Gasteiger partial charge in [-0.1, -0.05) is 34.1 Å². The number of halogens is 2. The maximum atomic E-state index is 12.2. The summed E-state index contributed by atoms with van der Waals surface area (Å²) < 4.78 is 31.0.